The van der Waals surface area contributed by atoms with Crippen molar-refractivity contribution in [2.75, 3.05) is 13.1 Å². The molecule has 6 nitrogen and oxygen atoms in total. The van der Waals surface area contributed by atoms with E-state index in [1.807, 2.05) is 12.1 Å². The summed E-state index contributed by atoms with van der Waals surface area (Å²) in [5, 5.41) is 9.25. The van der Waals surface area contributed by atoms with Gasteiger partial charge in [0.05, 0.1) is 11.8 Å². The monoisotopic (exact) mass is 349 g/mol. The molecule has 128 valence electrons. The number of aromatic carboxylic acids is 1. The van der Waals surface area contributed by atoms with Gasteiger partial charge in [0.25, 0.3) is 0 Å². The molecule has 1 aliphatic rings. The topological polar surface area (TPSA) is 87.8 Å². The molecule has 2 heterocycles. The van der Waals surface area contributed by atoms with Crippen LogP contribution < -0.4 is 0 Å². The minimum absolute atomic E-state index is 0.178. The van der Waals surface area contributed by atoms with E-state index in [0.717, 1.165) is 5.56 Å². The van der Waals surface area contributed by atoms with Gasteiger partial charge in [0, 0.05) is 13.1 Å². The van der Waals surface area contributed by atoms with Gasteiger partial charge >= 0.3 is 5.97 Å². The summed E-state index contributed by atoms with van der Waals surface area (Å²) >= 11 is 0. The zero-order valence-electron chi connectivity index (χ0n) is 13.1. The quantitative estimate of drug-likeness (QED) is 0.896. The lowest BCUT2D eigenvalue weighted by molar-refractivity contribution is 0.0695. The number of furan rings is 1. The average molecular weight is 349 g/mol. The van der Waals surface area contributed by atoms with E-state index in [1.165, 1.54) is 22.9 Å². The molecule has 0 radical (unpaired) electrons. The molecular formula is C17H19NO5S. The van der Waals surface area contributed by atoms with Crippen molar-refractivity contribution in [3.8, 4) is 0 Å². The van der Waals surface area contributed by atoms with E-state index in [9.17, 15) is 18.3 Å². The average Bonchev–Trinajstić information content (AvgIpc) is 3.11. The molecule has 1 saturated heterocycles. The number of piperidine rings is 1. The van der Waals surface area contributed by atoms with Gasteiger partial charge in [-0.1, -0.05) is 18.2 Å². The van der Waals surface area contributed by atoms with E-state index < -0.39 is 16.0 Å². The molecule has 0 saturated carbocycles. The minimum atomic E-state index is -3.49. The number of carbonyl (C=O) groups is 1. The van der Waals surface area contributed by atoms with Crippen LogP contribution >= 0.6 is 0 Å². The third-order valence-corrected chi connectivity index (χ3v) is 6.34. The van der Waals surface area contributed by atoms with Crippen LogP contribution in [0.4, 0.5) is 0 Å². The van der Waals surface area contributed by atoms with E-state index >= 15 is 0 Å². The number of nitrogens with zero attached hydrogens (tertiary/aromatic N) is 1. The molecule has 0 bridgehead atoms. The number of rotatable bonds is 5. The second-order valence-corrected chi connectivity index (χ2v) is 7.91. The van der Waals surface area contributed by atoms with Gasteiger partial charge in [-0.05, 0) is 42.9 Å². The molecule has 0 unspecified atom stereocenters. The highest BCUT2D eigenvalue weighted by molar-refractivity contribution is 7.89. The van der Waals surface area contributed by atoms with Crippen LogP contribution in [0.25, 0.3) is 0 Å². The van der Waals surface area contributed by atoms with E-state index in [2.05, 4.69) is 0 Å². The lowest BCUT2D eigenvalue weighted by Gasteiger charge is -2.31. The van der Waals surface area contributed by atoms with Gasteiger partial charge < -0.3 is 9.52 Å². The fourth-order valence-corrected chi connectivity index (χ4v) is 4.51. The second kappa shape index (κ2) is 6.78. The summed E-state index contributed by atoms with van der Waals surface area (Å²) < 4.78 is 31.2. The summed E-state index contributed by atoms with van der Waals surface area (Å²) in [4.78, 5) is 11.5. The Morgan fingerprint density at radius 2 is 1.92 bits per heavy atom. The molecule has 0 atom stereocenters. The number of sulfonamides is 1. The summed E-state index contributed by atoms with van der Waals surface area (Å²) in [6.07, 6.45) is 4.67. The van der Waals surface area contributed by atoms with Crippen molar-refractivity contribution < 1.29 is 22.7 Å². The van der Waals surface area contributed by atoms with Crippen LogP contribution in [0.5, 0.6) is 0 Å². The molecular weight excluding hydrogens is 330 g/mol. The van der Waals surface area contributed by atoms with Crippen molar-refractivity contribution in [3.63, 3.8) is 0 Å². The Bertz CT molecular complexity index is 805. The normalized spacial score (nSPS) is 17.0. The lowest BCUT2D eigenvalue weighted by Crippen LogP contribution is -2.38. The predicted octanol–water partition coefficient (Wildman–Crippen LogP) is 2.62. The number of hydrogen-bond acceptors (Lipinski definition) is 4. The van der Waals surface area contributed by atoms with E-state index in [-0.39, 0.29) is 10.8 Å². The van der Waals surface area contributed by atoms with Gasteiger partial charge in [-0.3, -0.25) is 0 Å². The molecule has 7 heteroatoms. The number of hydrogen-bond donors (Lipinski definition) is 1. The van der Waals surface area contributed by atoms with Crippen molar-refractivity contribution in [3.05, 3.63) is 54.0 Å². The Morgan fingerprint density at radius 3 is 2.54 bits per heavy atom. The Morgan fingerprint density at radius 1 is 1.21 bits per heavy atom. The van der Waals surface area contributed by atoms with Gasteiger partial charge in [-0.2, -0.15) is 4.31 Å². The van der Waals surface area contributed by atoms with Crippen LogP contribution in [-0.4, -0.2) is 36.9 Å². The first-order chi connectivity index (χ1) is 11.5. The van der Waals surface area contributed by atoms with Crippen LogP contribution in [0, 0.1) is 5.92 Å². The van der Waals surface area contributed by atoms with Crippen molar-refractivity contribution in [1.82, 2.24) is 4.31 Å². The smallest absolute Gasteiger partial charge is 0.335 e. The Kier molecular flexibility index (Phi) is 4.73. The minimum Gasteiger partial charge on any atom is -0.478 e. The zero-order valence-corrected chi connectivity index (χ0v) is 13.9. The highest BCUT2D eigenvalue weighted by atomic mass is 32.2. The molecule has 1 N–H and O–H groups in total. The van der Waals surface area contributed by atoms with E-state index in [4.69, 9.17) is 4.42 Å². The molecule has 2 aromatic rings. The van der Waals surface area contributed by atoms with Crippen LogP contribution in [0.1, 0.15) is 28.8 Å². The molecule has 0 amide bonds. The van der Waals surface area contributed by atoms with E-state index in [0.29, 0.717) is 37.9 Å². The highest BCUT2D eigenvalue weighted by Crippen LogP contribution is 2.27. The Hall–Kier alpha value is -2.12. The molecule has 1 aliphatic heterocycles. The van der Waals surface area contributed by atoms with Gasteiger partial charge in [-0.15, -0.1) is 0 Å². The lowest BCUT2D eigenvalue weighted by atomic mass is 9.89. The molecule has 3 rings (SSSR count). The largest absolute Gasteiger partial charge is 0.478 e. The molecule has 0 aliphatic carbocycles. The van der Waals surface area contributed by atoms with Crippen LogP contribution in [-0.2, 0) is 16.4 Å². The van der Waals surface area contributed by atoms with Crippen molar-refractivity contribution in [1.29, 1.82) is 0 Å². The summed E-state index contributed by atoms with van der Waals surface area (Å²) in [5.74, 6) is -0.646. The van der Waals surface area contributed by atoms with E-state index in [1.54, 1.807) is 12.1 Å². The van der Waals surface area contributed by atoms with Gasteiger partial charge in [0.2, 0.25) is 10.0 Å². The molecule has 1 aromatic carbocycles. The standard InChI is InChI=1S/C17H19NO5S/c19-17(20)16-4-2-1-3-14(16)11-13-5-8-18(9-6-13)24(21,22)15-7-10-23-12-15/h1-4,7,10,12-13H,5-6,8-9,11H2,(H,19,20). The third kappa shape index (κ3) is 3.37. The summed E-state index contributed by atoms with van der Waals surface area (Å²) in [5.41, 5.74) is 1.13. The number of carboxylic acid groups (broad SMARTS) is 1. The SMILES string of the molecule is O=C(O)c1ccccc1CC1CCN(S(=O)(=O)c2ccoc2)CC1. The van der Waals surface area contributed by atoms with Crippen molar-refractivity contribution in [2.45, 2.75) is 24.2 Å². The van der Waals surface area contributed by atoms with Crippen molar-refractivity contribution in [2.24, 2.45) is 5.92 Å². The summed E-state index contributed by atoms with van der Waals surface area (Å²) in [7, 11) is -3.49. The maximum absolute atomic E-state index is 12.4. The molecule has 1 aromatic heterocycles. The van der Waals surface area contributed by atoms with Crippen molar-refractivity contribution >= 4 is 16.0 Å². The van der Waals surface area contributed by atoms with Crippen LogP contribution in [0.3, 0.4) is 0 Å². The Labute approximate surface area is 140 Å². The fourth-order valence-electron chi connectivity index (χ4n) is 3.12. The Balaban J connectivity index is 1.65. The maximum Gasteiger partial charge on any atom is 0.335 e. The maximum atomic E-state index is 12.4. The first-order valence-corrected chi connectivity index (χ1v) is 9.26. The zero-order chi connectivity index (χ0) is 17.2. The van der Waals surface area contributed by atoms with Crippen LogP contribution in [0.2, 0.25) is 0 Å². The summed E-state index contributed by atoms with van der Waals surface area (Å²) in [6, 6.07) is 8.44. The van der Waals surface area contributed by atoms with Gasteiger partial charge in [0.15, 0.2) is 0 Å². The summed E-state index contributed by atoms with van der Waals surface area (Å²) in [6.45, 7) is 0.876. The van der Waals surface area contributed by atoms with Crippen LogP contribution in [0.15, 0.2) is 52.2 Å². The van der Waals surface area contributed by atoms with Gasteiger partial charge in [0.1, 0.15) is 11.2 Å². The van der Waals surface area contributed by atoms with Gasteiger partial charge in [-0.25, -0.2) is 13.2 Å². The molecule has 24 heavy (non-hydrogen) atoms. The fraction of sp³-hybridized carbons (Fsp3) is 0.353. The first-order valence-electron chi connectivity index (χ1n) is 7.82. The highest BCUT2D eigenvalue weighted by Gasteiger charge is 2.30. The number of carboxylic acids is 1. The molecule has 0 spiro atoms. The third-order valence-electron chi connectivity index (χ3n) is 4.46. The second-order valence-electron chi connectivity index (χ2n) is 5.97. The predicted molar refractivity (Wildman–Crippen MR) is 87.3 cm³/mol. The number of benzene rings is 1. The first kappa shape index (κ1) is 16.7. The molecule has 1 fully saturated rings.